The average molecular weight is 281 g/mol. The van der Waals surface area contributed by atoms with E-state index in [1.54, 1.807) is 4.90 Å². The third-order valence-electron chi connectivity index (χ3n) is 2.97. The van der Waals surface area contributed by atoms with E-state index in [1.165, 1.54) is 6.20 Å². The predicted molar refractivity (Wildman–Crippen MR) is 71.4 cm³/mol. The van der Waals surface area contributed by atoms with Crippen molar-refractivity contribution in [2.24, 2.45) is 0 Å². The van der Waals surface area contributed by atoms with Gasteiger partial charge in [-0.3, -0.25) is 4.79 Å². The number of amides is 1. The van der Waals surface area contributed by atoms with E-state index in [-0.39, 0.29) is 17.3 Å². The lowest BCUT2D eigenvalue weighted by atomic mass is 10.2. The first-order valence-electron chi connectivity index (χ1n) is 6.08. The SMILES string of the molecule is CCC1CN(C(=O)c2cnc(C(=O)O)cn2)CCS1. The molecule has 0 radical (unpaired) electrons. The average Bonchev–Trinajstić information content (AvgIpc) is 2.46. The van der Waals surface area contributed by atoms with Gasteiger partial charge in [-0.25, -0.2) is 14.8 Å². The number of carbonyl (C=O) groups is 2. The van der Waals surface area contributed by atoms with Crippen molar-refractivity contribution in [3.8, 4) is 0 Å². The molecule has 1 aromatic rings. The Labute approximate surface area is 115 Å². The second-order valence-corrected chi connectivity index (χ2v) is 5.65. The lowest BCUT2D eigenvalue weighted by Gasteiger charge is -2.31. The number of nitrogens with zero attached hydrogens (tertiary/aromatic N) is 3. The molecule has 102 valence electrons. The van der Waals surface area contributed by atoms with E-state index in [1.807, 2.05) is 11.8 Å². The number of rotatable bonds is 3. The minimum Gasteiger partial charge on any atom is -0.476 e. The Kier molecular flexibility index (Phi) is 4.36. The van der Waals surface area contributed by atoms with E-state index < -0.39 is 5.97 Å². The number of carboxylic acid groups (broad SMARTS) is 1. The summed E-state index contributed by atoms with van der Waals surface area (Å²) >= 11 is 1.88. The zero-order chi connectivity index (χ0) is 13.8. The summed E-state index contributed by atoms with van der Waals surface area (Å²) in [4.78, 5) is 32.2. The van der Waals surface area contributed by atoms with Gasteiger partial charge in [-0.15, -0.1) is 0 Å². The number of aromatic nitrogens is 2. The van der Waals surface area contributed by atoms with Crippen LogP contribution >= 0.6 is 11.8 Å². The molecule has 0 saturated carbocycles. The van der Waals surface area contributed by atoms with Gasteiger partial charge in [0.05, 0.1) is 12.4 Å². The normalized spacial score (nSPS) is 19.2. The first-order valence-corrected chi connectivity index (χ1v) is 7.13. The van der Waals surface area contributed by atoms with Crippen LogP contribution in [-0.2, 0) is 0 Å². The molecule has 1 fully saturated rings. The molecule has 1 unspecified atom stereocenters. The Morgan fingerprint density at radius 2 is 2.11 bits per heavy atom. The summed E-state index contributed by atoms with van der Waals surface area (Å²) in [7, 11) is 0. The Morgan fingerprint density at radius 3 is 2.68 bits per heavy atom. The molecule has 1 N–H and O–H groups in total. The van der Waals surface area contributed by atoms with Gasteiger partial charge in [0.1, 0.15) is 5.69 Å². The predicted octanol–water partition coefficient (Wildman–Crippen LogP) is 1.14. The molecule has 1 aliphatic heterocycles. The number of thioether (sulfide) groups is 1. The quantitative estimate of drug-likeness (QED) is 0.894. The smallest absolute Gasteiger partial charge is 0.356 e. The van der Waals surface area contributed by atoms with Gasteiger partial charge in [-0.1, -0.05) is 6.92 Å². The van der Waals surface area contributed by atoms with Crippen molar-refractivity contribution in [3.05, 3.63) is 23.8 Å². The van der Waals surface area contributed by atoms with Crippen molar-refractivity contribution in [3.63, 3.8) is 0 Å². The fourth-order valence-electron chi connectivity index (χ4n) is 1.86. The number of hydrogen-bond donors (Lipinski definition) is 1. The minimum atomic E-state index is -1.15. The summed E-state index contributed by atoms with van der Waals surface area (Å²) in [5, 5.41) is 9.19. The van der Waals surface area contributed by atoms with E-state index in [0.29, 0.717) is 18.3 Å². The zero-order valence-corrected chi connectivity index (χ0v) is 11.4. The topological polar surface area (TPSA) is 83.4 Å². The highest BCUT2D eigenvalue weighted by molar-refractivity contribution is 8.00. The van der Waals surface area contributed by atoms with Crippen LogP contribution in [0.1, 0.15) is 34.3 Å². The van der Waals surface area contributed by atoms with Gasteiger partial charge in [0.25, 0.3) is 5.91 Å². The van der Waals surface area contributed by atoms with Crippen molar-refractivity contribution in [2.45, 2.75) is 18.6 Å². The van der Waals surface area contributed by atoms with Crippen LogP contribution in [0.3, 0.4) is 0 Å². The highest BCUT2D eigenvalue weighted by Crippen LogP contribution is 2.21. The first-order chi connectivity index (χ1) is 9.11. The number of aromatic carboxylic acids is 1. The van der Waals surface area contributed by atoms with Crippen molar-refractivity contribution in [1.82, 2.24) is 14.9 Å². The second kappa shape index (κ2) is 6.01. The molecule has 1 saturated heterocycles. The molecule has 0 aliphatic carbocycles. The molecule has 1 aromatic heterocycles. The highest BCUT2D eigenvalue weighted by Gasteiger charge is 2.24. The van der Waals surface area contributed by atoms with Crippen LogP contribution in [0.5, 0.6) is 0 Å². The Balaban J connectivity index is 2.08. The van der Waals surface area contributed by atoms with E-state index in [0.717, 1.165) is 18.4 Å². The van der Waals surface area contributed by atoms with Crippen LogP contribution in [0.25, 0.3) is 0 Å². The van der Waals surface area contributed by atoms with Gasteiger partial charge in [0.15, 0.2) is 5.69 Å². The standard InChI is InChI=1S/C12H15N3O3S/c1-2-8-7-15(3-4-19-8)11(16)9-5-14-10(6-13-9)12(17)18/h5-6,8H,2-4,7H2,1H3,(H,17,18). The second-order valence-electron chi connectivity index (χ2n) is 4.24. The first kappa shape index (κ1) is 13.8. The number of carbonyl (C=O) groups excluding carboxylic acids is 1. The maximum Gasteiger partial charge on any atom is 0.356 e. The van der Waals surface area contributed by atoms with E-state index in [9.17, 15) is 9.59 Å². The van der Waals surface area contributed by atoms with Crippen molar-refractivity contribution in [2.75, 3.05) is 18.8 Å². The van der Waals surface area contributed by atoms with Crippen LogP contribution in [0, 0.1) is 0 Å². The summed E-state index contributed by atoms with van der Waals surface area (Å²) in [6.45, 7) is 3.51. The van der Waals surface area contributed by atoms with Crippen LogP contribution < -0.4 is 0 Å². The summed E-state index contributed by atoms with van der Waals surface area (Å²) in [6.07, 6.45) is 3.37. The van der Waals surface area contributed by atoms with Crippen molar-refractivity contribution >= 4 is 23.6 Å². The summed E-state index contributed by atoms with van der Waals surface area (Å²) < 4.78 is 0. The van der Waals surface area contributed by atoms with Gasteiger partial charge in [0, 0.05) is 24.1 Å². The number of hydrogen-bond acceptors (Lipinski definition) is 5. The van der Waals surface area contributed by atoms with E-state index in [4.69, 9.17) is 5.11 Å². The van der Waals surface area contributed by atoms with Gasteiger partial charge in [-0.2, -0.15) is 11.8 Å². The molecule has 2 rings (SSSR count). The van der Waals surface area contributed by atoms with Crippen LogP contribution in [-0.4, -0.2) is 55.9 Å². The zero-order valence-electron chi connectivity index (χ0n) is 10.6. The van der Waals surface area contributed by atoms with Gasteiger partial charge in [-0.05, 0) is 6.42 Å². The molecule has 1 amide bonds. The summed E-state index contributed by atoms with van der Waals surface area (Å²) in [6, 6.07) is 0. The van der Waals surface area contributed by atoms with E-state index >= 15 is 0 Å². The van der Waals surface area contributed by atoms with E-state index in [2.05, 4.69) is 16.9 Å². The molecule has 1 aliphatic rings. The largest absolute Gasteiger partial charge is 0.476 e. The minimum absolute atomic E-state index is 0.155. The van der Waals surface area contributed by atoms with Crippen LogP contribution in [0.2, 0.25) is 0 Å². The number of carboxylic acids is 1. The van der Waals surface area contributed by atoms with Gasteiger partial charge in [0.2, 0.25) is 0 Å². The third-order valence-corrected chi connectivity index (χ3v) is 4.34. The van der Waals surface area contributed by atoms with Crippen LogP contribution in [0.4, 0.5) is 0 Å². The van der Waals surface area contributed by atoms with Crippen molar-refractivity contribution in [1.29, 1.82) is 0 Å². The van der Waals surface area contributed by atoms with Gasteiger partial charge >= 0.3 is 5.97 Å². The third kappa shape index (κ3) is 3.23. The molecular formula is C12H15N3O3S. The van der Waals surface area contributed by atoms with Crippen LogP contribution in [0.15, 0.2) is 12.4 Å². The molecule has 0 spiro atoms. The maximum atomic E-state index is 12.2. The maximum absolute atomic E-state index is 12.2. The lowest BCUT2D eigenvalue weighted by Crippen LogP contribution is -2.42. The summed E-state index contributed by atoms with van der Waals surface area (Å²) in [5.74, 6) is -0.402. The molecule has 19 heavy (non-hydrogen) atoms. The molecule has 7 heteroatoms. The fraction of sp³-hybridized carbons (Fsp3) is 0.500. The fourth-order valence-corrected chi connectivity index (χ4v) is 3.04. The molecule has 0 aromatic carbocycles. The Hall–Kier alpha value is -1.63. The summed E-state index contributed by atoms with van der Waals surface area (Å²) in [5.41, 5.74) is 0.0453. The Bertz CT molecular complexity index is 478. The monoisotopic (exact) mass is 281 g/mol. The molecule has 6 nitrogen and oxygen atoms in total. The molecule has 0 bridgehead atoms. The molecule has 2 heterocycles. The highest BCUT2D eigenvalue weighted by atomic mass is 32.2. The molecule has 1 atom stereocenters. The Morgan fingerprint density at radius 1 is 1.42 bits per heavy atom. The van der Waals surface area contributed by atoms with Gasteiger partial charge < -0.3 is 10.0 Å². The van der Waals surface area contributed by atoms with Crippen molar-refractivity contribution < 1.29 is 14.7 Å². The molecular weight excluding hydrogens is 266 g/mol. The lowest BCUT2D eigenvalue weighted by molar-refractivity contribution is 0.0685.